The Morgan fingerprint density at radius 1 is 0.839 bits per heavy atom. The Bertz CT molecular complexity index is 1180. The molecule has 0 aliphatic heterocycles. The first-order valence-electron chi connectivity index (χ1n) is 9.94. The monoisotopic (exact) mass is 414 g/mol. The number of carbonyl (C=O) groups is 1. The molecule has 0 saturated heterocycles. The predicted molar refractivity (Wildman–Crippen MR) is 117 cm³/mol. The van der Waals surface area contributed by atoms with Gasteiger partial charge < -0.3 is 19.5 Å². The van der Waals surface area contributed by atoms with Crippen LogP contribution in [0.2, 0.25) is 0 Å². The Morgan fingerprint density at radius 3 is 2.23 bits per heavy atom. The fourth-order valence-electron chi connectivity index (χ4n) is 3.12. The lowest BCUT2D eigenvalue weighted by Crippen LogP contribution is -2.29. The van der Waals surface area contributed by atoms with Crippen molar-refractivity contribution in [2.75, 3.05) is 0 Å². The van der Waals surface area contributed by atoms with Crippen LogP contribution >= 0.6 is 0 Å². The summed E-state index contributed by atoms with van der Waals surface area (Å²) in [6.07, 6.45) is 1.52. The average Bonchev–Trinajstić information content (AvgIpc) is 3.34. The van der Waals surface area contributed by atoms with E-state index in [1.165, 1.54) is 12.3 Å². The van der Waals surface area contributed by atoms with Crippen LogP contribution < -0.4 is 10.9 Å². The quantitative estimate of drug-likeness (QED) is 0.451. The molecule has 0 saturated carbocycles. The Labute approximate surface area is 179 Å². The molecule has 4 aromatic rings. The molecule has 156 valence electrons. The molecule has 0 spiro atoms. The molecule has 2 heterocycles. The lowest BCUT2D eigenvalue weighted by Gasteiger charge is -2.08. The van der Waals surface area contributed by atoms with Crippen molar-refractivity contribution in [2.45, 2.75) is 19.8 Å². The molecule has 0 radical (unpaired) electrons. The maximum atomic E-state index is 12.4. The highest BCUT2D eigenvalue weighted by Crippen LogP contribution is 2.15. The lowest BCUT2D eigenvalue weighted by atomic mass is 10.1. The lowest BCUT2D eigenvalue weighted by molar-refractivity contribution is 0.0949. The maximum absolute atomic E-state index is 12.4. The zero-order chi connectivity index (χ0) is 21.5. The number of nitrogens with one attached hydrogen (secondary N) is 2. The van der Waals surface area contributed by atoms with Crippen LogP contribution in [0.5, 0.6) is 0 Å². The Kier molecular flexibility index (Phi) is 6.40. The van der Waals surface area contributed by atoms with Gasteiger partial charge in [-0.3, -0.25) is 9.59 Å². The van der Waals surface area contributed by atoms with Crippen molar-refractivity contribution in [1.82, 2.24) is 10.3 Å². The van der Waals surface area contributed by atoms with Crippen LogP contribution in [0.25, 0.3) is 11.5 Å². The van der Waals surface area contributed by atoms with E-state index in [1.807, 2.05) is 54.6 Å². The molecule has 1 amide bonds. The van der Waals surface area contributed by atoms with Gasteiger partial charge in [0.05, 0.1) is 25.2 Å². The molecule has 31 heavy (non-hydrogen) atoms. The minimum Gasteiger partial charge on any atom is -0.463 e. The van der Waals surface area contributed by atoms with E-state index in [1.54, 1.807) is 18.2 Å². The van der Waals surface area contributed by atoms with Gasteiger partial charge in [0, 0.05) is 6.54 Å². The first kappa shape index (κ1) is 20.4. The number of pyridine rings is 1. The summed E-state index contributed by atoms with van der Waals surface area (Å²) >= 11 is 0. The highest BCUT2D eigenvalue weighted by molar-refractivity contribution is 5.94. The number of amides is 1. The molecule has 0 unspecified atom stereocenters. The van der Waals surface area contributed by atoms with Crippen molar-refractivity contribution in [3.63, 3.8) is 0 Å². The number of H-pyrrole nitrogens is 1. The molecule has 0 atom stereocenters. The van der Waals surface area contributed by atoms with E-state index < -0.39 is 11.5 Å². The SMILES string of the molecule is O=C(NCc1ccc(COCc2ccccc2)cc1)c1ccc(-c2ccco2)[nH]c1=O. The van der Waals surface area contributed by atoms with Crippen LogP contribution in [-0.2, 0) is 24.5 Å². The standard InChI is InChI=1S/C25H22N2O4/c28-24(21-12-13-22(27-25(21)29)23-7-4-14-31-23)26-15-18-8-10-20(11-9-18)17-30-16-19-5-2-1-3-6-19/h1-14H,15-17H2,(H,26,28)(H,27,29). The van der Waals surface area contributed by atoms with Gasteiger partial charge >= 0.3 is 0 Å². The summed E-state index contributed by atoms with van der Waals surface area (Å²) in [6, 6.07) is 24.4. The number of aromatic nitrogens is 1. The summed E-state index contributed by atoms with van der Waals surface area (Å²) in [5, 5.41) is 2.78. The molecule has 0 bridgehead atoms. The number of ether oxygens (including phenoxy) is 1. The number of benzene rings is 2. The fraction of sp³-hybridized carbons (Fsp3) is 0.120. The van der Waals surface area contributed by atoms with Gasteiger partial charge in [0.2, 0.25) is 0 Å². The predicted octanol–water partition coefficient (Wildman–Crippen LogP) is 4.28. The smallest absolute Gasteiger partial charge is 0.261 e. The van der Waals surface area contributed by atoms with Gasteiger partial charge in [-0.25, -0.2) is 0 Å². The zero-order valence-corrected chi connectivity index (χ0v) is 16.8. The van der Waals surface area contributed by atoms with Gasteiger partial charge in [-0.15, -0.1) is 0 Å². The molecule has 6 heteroatoms. The van der Waals surface area contributed by atoms with Gasteiger partial charge in [-0.05, 0) is 41.0 Å². The molecule has 0 fully saturated rings. The number of hydrogen-bond donors (Lipinski definition) is 2. The molecule has 0 aliphatic rings. The highest BCUT2D eigenvalue weighted by atomic mass is 16.5. The number of hydrogen-bond acceptors (Lipinski definition) is 4. The third-order valence-electron chi connectivity index (χ3n) is 4.80. The molecule has 2 N–H and O–H groups in total. The molecule has 2 aromatic heterocycles. The van der Waals surface area contributed by atoms with Crippen molar-refractivity contribution < 1.29 is 13.9 Å². The summed E-state index contributed by atoms with van der Waals surface area (Å²) in [4.78, 5) is 27.3. The van der Waals surface area contributed by atoms with E-state index in [2.05, 4.69) is 10.3 Å². The van der Waals surface area contributed by atoms with E-state index in [4.69, 9.17) is 9.15 Å². The number of rotatable bonds is 8. The number of furan rings is 1. The van der Waals surface area contributed by atoms with Crippen molar-refractivity contribution >= 4 is 5.91 Å². The van der Waals surface area contributed by atoms with Gasteiger partial charge in [0.15, 0.2) is 0 Å². The summed E-state index contributed by atoms with van der Waals surface area (Å²) < 4.78 is 11.0. The van der Waals surface area contributed by atoms with E-state index in [-0.39, 0.29) is 5.56 Å². The van der Waals surface area contributed by atoms with Crippen LogP contribution in [0.15, 0.2) is 94.3 Å². The van der Waals surface area contributed by atoms with Crippen LogP contribution in [0.4, 0.5) is 0 Å². The normalized spacial score (nSPS) is 10.7. The summed E-state index contributed by atoms with van der Waals surface area (Å²) in [5.41, 5.74) is 3.24. The van der Waals surface area contributed by atoms with Crippen LogP contribution in [0, 0.1) is 0 Å². The van der Waals surface area contributed by atoms with Gasteiger partial charge in [0.1, 0.15) is 11.3 Å². The van der Waals surface area contributed by atoms with Crippen molar-refractivity contribution in [2.24, 2.45) is 0 Å². The van der Waals surface area contributed by atoms with Crippen molar-refractivity contribution in [3.8, 4) is 11.5 Å². The average molecular weight is 414 g/mol. The second kappa shape index (κ2) is 9.73. The molecule has 4 rings (SSSR count). The topological polar surface area (TPSA) is 84.3 Å². The minimum absolute atomic E-state index is 0.0567. The summed E-state index contributed by atoms with van der Waals surface area (Å²) in [7, 11) is 0. The van der Waals surface area contributed by atoms with Crippen molar-refractivity contribution in [3.05, 3.63) is 118 Å². The molecule has 6 nitrogen and oxygen atoms in total. The van der Waals surface area contributed by atoms with E-state index in [0.717, 1.165) is 16.7 Å². The first-order valence-corrected chi connectivity index (χ1v) is 9.94. The van der Waals surface area contributed by atoms with Crippen LogP contribution in [0.3, 0.4) is 0 Å². The maximum Gasteiger partial charge on any atom is 0.261 e. The minimum atomic E-state index is -0.461. The Morgan fingerprint density at radius 2 is 1.55 bits per heavy atom. The third-order valence-corrected chi connectivity index (χ3v) is 4.80. The van der Waals surface area contributed by atoms with E-state index in [9.17, 15) is 9.59 Å². The molecule has 2 aromatic carbocycles. The first-order chi connectivity index (χ1) is 15.2. The van der Waals surface area contributed by atoms with Crippen LogP contribution in [-0.4, -0.2) is 10.9 Å². The van der Waals surface area contributed by atoms with E-state index in [0.29, 0.717) is 31.2 Å². The zero-order valence-electron chi connectivity index (χ0n) is 16.8. The largest absolute Gasteiger partial charge is 0.463 e. The highest BCUT2D eigenvalue weighted by Gasteiger charge is 2.12. The van der Waals surface area contributed by atoms with Crippen molar-refractivity contribution in [1.29, 1.82) is 0 Å². The Hall–Kier alpha value is -3.90. The summed E-state index contributed by atoms with van der Waals surface area (Å²) in [6.45, 7) is 1.40. The number of carbonyl (C=O) groups excluding carboxylic acids is 1. The fourth-order valence-corrected chi connectivity index (χ4v) is 3.12. The van der Waals surface area contributed by atoms with Gasteiger partial charge in [-0.1, -0.05) is 54.6 Å². The second-order valence-corrected chi connectivity index (χ2v) is 7.07. The number of aromatic amines is 1. The van der Waals surface area contributed by atoms with E-state index >= 15 is 0 Å². The summed E-state index contributed by atoms with van der Waals surface area (Å²) in [5.74, 6) is 0.111. The molecular formula is C25H22N2O4. The van der Waals surface area contributed by atoms with Crippen LogP contribution in [0.1, 0.15) is 27.0 Å². The second-order valence-electron chi connectivity index (χ2n) is 7.07. The molecular weight excluding hydrogens is 392 g/mol. The van der Waals surface area contributed by atoms with Gasteiger partial charge in [-0.2, -0.15) is 0 Å². The van der Waals surface area contributed by atoms with Gasteiger partial charge in [0.25, 0.3) is 11.5 Å². The third kappa shape index (κ3) is 5.38. The molecule has 0 aliphatic carbocycles. The Balaban J connectivity index is 1.29.